The zero-order chi connectivity index (χ0) is 17.3. The summed E-state index contributed by atoms with van der Waals surface area (Å²) in [5.41, 5.74) is 3.39. The quantitative estimate of drug-likeness (QED) is 0.763. The number of fused-ring (bicyclic) bond motifs is 1. The molecule has 0 unspecified atom stereocenters. The van der Waals surface area contributed by atoms with Crippen LogP contribution in [0.4, 0.5) is 5.82 Å². The summed E-state index contributed by atoms with van der Waals surface area (Å²) in [6.45, 7) is 1.95. The van der Waals surface area contributed by atoms with Crippen LogP contribution in [-0.2, 0) is 11.3 Å². The number of nitrogens with zero attached hydrogens (tertiary/aromatic N) is 3. The van der Waals surface area contributed by atoms with Crippen LogP contribution in [0.3, 0.4) is 0 Å². The average molecular weight is 344 g/mol. The molecule has 3 rings (SSSR count). The maximum absolute atomic E-state index is 11.0. The third kappa shape index (κ3) is 3.33. The Kier molecular flexibility index (Phi) is 4.40. The Morgan fingerprint density at radius 2 is 2.04 bits per heavy atom. The van der Waals surface area contributed by atoms with Crippen LogP contribution in [0, 0.1) is 0 Å². The fourth-order valence-electron chi connectivity index (χ4n) is 2.42. The molecule has 124 valence electrons. The molecule has 0 saturated heterocycles. The first kappa shape index (κ1) is 16.3. The Bertz CT molecular complexity index is 886. The van der Waals surface area contributed by atoms with Crippen molar-refractivity contribution in [1.82, 2.24) is 20.3 Å². The molecule has 0 aliphatic heterocycles. The molecule has 0 aliphatic rings. The Labute approximate surface area is 144 Å². The monoisotopic (exact) mass is 343 g/mol. The minimum atomic E-state index is -0.0661. The molecule has 1 aromatic carbocycles. The summed E-state index contributed by atoms with van der Waals surface area (Å²) in [5.74, 6) is 0.719. The number of carbonyl (C=O) groups is 1. The highest BCUT2D eigenvalue weighted by molar-refractivity contribution is 6.34. The van der Waals surface area contributed by atoms with E-state index in [-0.39, 0.29) is 5.91 Å². The second-order valence-electron chi connectivity index (χ2n) is 5.78. The Morgan fingerprint density at radius 1 is 1.25 bits per heavy atom. The Hall–Kier alpha value is -2.60. The van der Waals surface area contributed by atoms with Crippen molar-refractivity contribution in [3.05, 3.63) is 41.3 Å². The van der Waals surface area contributed by atoms with Gasteiger partial charge >= 0.3 is 0 Å². The first-order chi connectivity index (χ1) is 11.4. The molecule has 7 heteroatoms. The zero-order valence-corrected chi connectivity index (χ0v) is 14.5. The molecule has 2 heterocycles. The van der Waals surface area contributed by atoms with E-state index in [2.05, 4.69) is 20.3 Å². The largest absolute Gasteiger partial charge is 0.361 e. The summed E-state index contributed by atoms with van der Waals surface area (Å²) in [6.07, 6.45) is 3.43. The number of anilines is 1. The van der Waals surface area contributed by atoms with E-state index < -0.39 is 0 Å². The smallest absolute Gasteiger partial charge is 0.217 e. The highest BCUT2D eigenvalue weighted by atomic mass is 35.5. The van der Waals surface area contributed by atoms with Gasteiger partial charge in [0.25, 0.3) is 0 Å². The van der Waals surface area contributed by atoms with Crippen LogP contribution < -0.4 is 10.2 Å². The van der Waals surface area contributed by atoms with Crippen LogP contribution >= 0.6 is 11.6 Å². The number of aromatic amines is 1. The SMILES string of the molecule is CC(=O)NCc1cc2cc(Cl)c(-c3cnc(N(C)C)cn3)cc2[nH]1. The van der Waals surface area contributed by atoms with Gasteiger partial charge in [0, 0.05) is 43.2 Å². The van der Waals surface area contributed by atoms with Gasteiger partial charge < -0.3 is 15.2 Å². The molecule has 2 aromatic heterocycles. The maximum Gasteiger partial charge on any atom is 0.217 e. The molecule has 3 aromatic rings. The molecular weight excluding hydrogens is 326 g/mol. The molecule has 0 aliphatic carbocycles. The number of benzene rings is 1. The molecule has 2 N–H and O–H groups in total. The Balaban J connectivity index is 1.96. The minimum Gasteiger partial charge on any atom is -0.361 e. The molecular formula is C17H18ClN5O. The minimum absolute atomic E-state index is 0.0661. The number of amides is 1. The first-order valence-corrected chi connectivity index (χ1v) is 7.87. The van der Waals surface area contributed by atoms with Gasteiger partial charge in [-0.1, -0.05) is 11.6 Å². The van der Waals surface area contributed by atoms with Crippen molar-refractivity contribution in [1.29, 1.82) is 0 Å². The topological polar surface area (TPSA) is 73.9 Å². The molecule has 1 amide bonds. The third-order valence-corrected chi connectivity index (χ3v) is 3.98. The van der Waals surface area contributed by atoms with Gasteiger partial charge in [0.15, 0.2) is 0 Å². The summed E-state index contributed by atoms with van der Waals surface area (Å²) in [7, 11) is 3.83. The van der Waals surface area contributed by atoms with Gasteiger partial charge in [-0.15, -0.1) is 0 Å². The molecule has 24 heavy (non-hydrogen) atoms. The van der Waals surface area contributed by atoms with Crippen molar-refractivity contribution in [2.45, 2.75) is 13.5 Å². The molecule has 0 bridgehead atoms. The van der Waals surface area contributed by atoms with Gasteiger partial charge in [0.1, 0.15) is 5.82 Å². The molecule has 0 saturated carbocycles. The van der Waals surface area contributed by atoms with E-state index in [1.165, 1.54) is 6.92 Å². The van der Waals surface area contributed by atoms with Crippen molar-refractivity contribution in [3.63, 3.8) is 0 Å². The van der Waals surface area contributed by atoms with Crippen LogP contribution in [0.15, 0.2) is 30.6 Å². The lowest BCUT2D eigenvalue weighted by Gasteiger charge is -2.11. The maximum atomic E-state index is 11.0. The molecule has 6 nitrogen and oxygen atoms in total. The molecule has 0 atom stereocenters. The first-order valence-electron chi connectivity index (χ1n) is 7.49. The average Bonchev–Trinajstić information content (AvgIpc) is 2.94. The van der Waals surface area contributed by atoms with Crippen molar-refractivity contribution >= 4 is 34.2 Å². The van der Waals surface area contributed by atoms with Crippen molar-refractivity contribution in [3.8, 4) is 11.3 Å². The van der Waals surface area contributed by atoms with Crippen LogP contribution in [0.5, 0.6) is 0 Å². The van der Waals surface area contributed by atoms with Crippen LogP contribution in [0.2, 0.25) is 5.02 Å². The fraction of sp³-hybridized carbons (Fsp3) is 0.235. The zero-order valence-electron chi connectivity index (χ0n) is 13.7. The van der Waals surface area contributed by atoms with Crippen LogP contribution in [0.1, 0.15) is 12.6 Å². The number of aromatic nitrogens is 3. The second kappa shape index (κ2) is 6.49. The lowest BCUT2D eigenvalue weighted by molar-refractivity contribution is -0.119. The van der Waals surface area contributed by atoms with Gasteiger partial charge in [-0.2, -0.15) is 0 Å². The molecule has 0 radical (unpaired) electrons. The van der Waals surface area contributed by atoms with E-state index >= 15 is 0 Å². The highest BCUT2D eigenvalue weighted by Crippen LogP contribution is 2.31. The van der Waals surface area contributed by atoms with Gasteiger partial charge in [-0.3, -0.25) is 9.78 Å². The van der Waals surface area contributed by atoms with Crippen molar-refractivity contribution < 1.29 is 4.79 Å². The standard InChI is InChI=1S/C17H18ClN5O/c1-10(24)19-7-12-4-11-5-14(18)13(6-15(11)22-12)16-8-21-17(9-20-16)23(2)3/h4-6,8-9,22H,7H2,1-3H3,(H,19,24). The predicted molar refractivity (Wildman–Crippen MR) is 96.2 cm³/mol. The number of hydrogen-bond donors (Lipinski definition) is 2. The van der Waals surface area contributed by atoms with E-state index in [9.17, 15) is 4.79 Å². The van der Waals surface area contributed by atoms with Crippen molar-refractivity contribution in [2.75, 3.05) is 19.0 Å². The number of hydrogen-bond acceptors (Lipinski definition) is 4. The number of rotatable bonds is 4. The van der Waals surface area contributed by atoms with E-state index in [1.54, 1.807) is 12.4 Å². The Morgan fingerprint density at radius 3 is 2.67 bits per heavy atom. The number of halogens is 1. The predicted octanol–water partition coefficient (Wildman–Crippen LogP) is 2.98. The summed E-state index contributed by atoms with van der Waals surface area (Å²) in [4.78, 5) is 25.0. The second-order valence-corrected chi connectivity index (χ2v) is 6.19. The normalized spacial score (nSPS) is 10.8. The van der Waals surface area contributed by atoms with Gasteiger partial charge in [0.2, 0.25) is 5.91 Å². The number of H-pyrrole nitrogens is 1. The molecule has 0 spiro atoms. The number of carbonyl (C=O) groups excluding carboxylic acids is 1. The summed E-state index contributed by atoms with van der Waals surface area (Å²) in [6, 6.07) is 5.82. The van der Waals surface area contributed by atoms with Gasteiger partial charge in [0.05, 0.1) is 29.7 Å². The lowest BCUT2D eigenvalue weighted by Crippen LogP contribution is -2.18. The summed E-state index contributed by atoms with van der Waals surface area (Å²) in [5, 5.41) is 4.37. The third-order valence-electron chi connectivity index (χ3n) is 3.66. The van der Waals surface area contributed by atoms with E-state index in [0.717, 1.165) is 28.0 Å². The van der Waals surface area contributed by atoms with E-state index in [1.807, 2.05) is 37.2 Å². The van der Waals surface area contributed by atoms with E-state index in [4.69, 9.17) is 11.6 Å². The van der Waals surface area contributed by atoms with Crippen LogP contribution in [0.25, 0.3) is 22.2 Å². The lowest BCUT2D eigenvalue weighted by atomic mass is 10.1. The fourth-order valence-corrected chi connectivity index (χ4v) is 2.68. The summed E-state index contributed by atoms with van der Waals surface area (Å²) >= 11 is 6.42. The van der Waals surface area contributed by atoms with Crippen molar-refractivity contribution in [2.24, 2.45) is 0 Å². The van der Waals surface area contributed by atoms with E-state index in [0.29, 0.717) is 17.3 Å². The van der Waals surface area contributed by atoms with Crippen LogP contribution in [-0.4, -0.2) is 35.0 Å². The summed E-state index contributed by atoms with van der Waals surface area (Å²) < 4.78 is 0. The van der Waals surface area contributed by atoms with Gasteiger partial charge in [-0.25, -0.2) is 4.98 Å². The molecule has 0 fully saturated rings. The highest BCUT2D eigenvalue weighted by Gasteiger charge is 2.10. The number of nitrogens with one attached hydrogen (secondary N) is 2. The van der Waals surface area contributed by atoms with Gasteiger partial charge in [-0.05, 0) is 18.2 Å².